The number of rotatable bonds is 6. The van der Waals surface area contributed by atoms with Gasteiger partial charge in [0.1, 0.15) is 12.4 Å². The van der Waals surface area contributed by atoms with Crippen LogP contribution in [0.25, 0.3) is 0 Å². The van der Waals surface area contributed by atoms with Crippen molar-refractivity contribution in [2.45, 2.75) is 26.8 Å². The molecule has 1 aromatic carbocycles. The maximum atomic E-state index is 5.83. The maximum absolute atomic E-state index is 5.83. The molecule has 2 aromatic rings. The van der Waals surface area contributed by atoms with Gasteiger partial charge in [-0.25, -0.2) is 0 Å². The van der Waals surface area contributed by atoms with E-state index in [1.807, 2.05) is 12.1 Å². The Morgan fingerprint density at radius 2 is 2.05 bits per heavy atom. The van der Waals surface area contributed by atoms with Gasteiger partial charge >= 0.3 is 0 Å². The molecule has 1 unspecified atom stereocenters. The van der Waals surface area contributed by atoms with Gasteiger partial charge in [-0.15, -0.1) is 11.3 Å². The first-order valence-corrected chi connectivity index (χ1v) is 7.52. The molecular formula is C16H21NOS. The smallest absolute Gasteiger partial charge is 0.122 e. The molecule has 102 valence electrons. The zero-order valence-electron chi connectivity index (χ0n) is 11.8. The molecule has 0 aliphatic rings. The molecule has 0 spiro atoms. The molecule has 0 aliphatic heterocycles. The summed E-state index contributed by atoms with van der Waals surface area (Å²) in [5, 5.41) is 5.59. The SMILES string of the molecule is Cc1cccc(OCCNC(C)c2cccs2)c1C. The van der Waals surface area contributed by atoms with Gasteiger partial charge in [-0.3, -0.25) is 0 Å². The van der Waals surface area contributed by atoms with Crippen molar-refractivity contribution in [3.05, 3.63) is 51.7 Å². The Morgan fingerprint density at radius 3 is 2.79 bits per heavy atom. The van der Waals surface area contributed by atoms with Crippen LogP contribution in [0.4, 0.5) is 0 Å². The Kier molecular flexibility index (Phi) is 5.00. The number of hydrogen-bond acceptors (Lipinski definition) is 3. The zero-order chi connectivity index (χ0) is 13.7. The minimum atomic E-state index is 0.391. The highest BCUT2D eigenvalue weighted by molar-refractivity contribution is 7.10. The van der Waals surface area contributed by atoms with E-state index in [0.29, 0.717) is 12.6 Å². The summed E-state index contributed by atoms with van der Waals surface area (Å²) in [5.41, 5.74) is 2.51. The molecule has 0 saturated heterocycles. The summed E-state index contributed by atoms with van der Waals surface area (Å²) in [6.07, 6.45) is 0. The van der Waals surface area contributed by atoms with Crippen molar-refractivity contribution in [2.24, 2.45) is 0 Å². The molecule has 0 bridgehead atoms. The standard InChI is InChI=1S/C16H21NOS/c1-12-6-4-7-15(13(12)2)18-10-9-17-14(3)16-8-5-11-19-16/h4-8,11,14,17H,9-10H2,1-3H3. The summed E-state index contributed by atoms with van der Waals surface area (Å²) >= 11 is 1.79. The molecule has 0 radical (unpaired) electrons. The summed E-state index contributed by atoms with van der Waals surface area (Å²) in [6.45, 7) is 7.95. The van der Waals surface area contributed by atoms with Crippen LogP contribution in [0.15, 0.2) is 35.7 Å². The summed E-state index contributed by atoms with van der Waals surface area (Å²) in [6, 6.07) is 10.8. The van der Waals surface area contributed by atoms with Gasteiger partial charge in [0.05, 0.1) is 0 Å². The first-order chi connectivity index (χ1) is 9.18. The normalized spacial score (nSPS) is 12.4. The number of hydrogen-bond donors (Lipinski definition) is 1. The van der Waals surface area contributed by atoms with Crippen molar-refractivity contribution in [1.82, 2.24) is 5.32 Å². The van der Waals surface area contributed by atoms with Crippen LogP contribution in [0.5, 0.6) is 5.75 Å². The molecule has 0 aliphatic carbocycles. The maximum Gasteiger partial charge on any atom is 0.122 e. The topological polar surface area (TPSA) is 21.3 Å². The second-order valence-electron chi connectivity index (χ2n) is 4.74. The van der Waals surface area contributed by atoms with E-state index >= 15 is 0 Å². The number of thiophene rings is 1. The van der Waals surface area contributed by atoms with E-state index in [2.05, 4.69) is 49.7 Å². The minimum Gasteiger partial charge on any atom is -0.492 e. The van der Waals surface area contributed by atoms with Gasteiger partial charge in [0.2, 0.25) is 0 Å². The highest BCUT2D eigenvalue weighted by atomic mass is 32.1. The molecule has 3 heteroatoms. The van der Waals surface area contributed by atoms with Crippen LogP contribution in [-0.4, -0.2) is 13.2 Å². The van der Waals surface area contributed by atoms with Crippen molar-refractivity contribution in [2.75, 3.05) is 13.2 Å². The molecule has 0 saturated carbocycles. The van der Waals surface area contributed by atoms with Gasteiger partial charge in [0.15, 0.2) is 0 Å². The molecule has 0 fully saturated rings. The molecule has 1 atom stereocenters. The Morgan fingerprint density at radius 1 is 1.21 bits per heavy atom. The number of aryl methyl sites for hydroxylation is 1. The molecule has 0 amide bonds. The largest absolute Gasteiger partial charge is 0.492 e. The predicted molar refractivity (Wildman–Crippen MR) is 82.1 cm³/mol. The van der Waals surface area contributed by atoms with E-state index in [1.54, 1.807) is 11.3 Å². The van der Waals surface area contributed by atoms with E-state index in [4.69, 9.17) is 4.74 Å². The number of benzene rings is 1. The quantitative estimate of drug-likeness (QED) is 0.802. The minimum absolute atomic E-state index is 0.391. The van der Waals surface area contributed by atoms with Crippen LogP contribution in [0.3, 0.4) is 0 Å². The third-order valence-electron chi connectivity index (χ3n) is 3.34. The fraction of sp³-hybridized carbons (Fsp3) is 0.375. The average molecular weight is 275 g/mol. The summed E-state index contributed by atoms with van der Waals surface area (Å²) in [5.74, 6) is 0.991. The second kappa shape index (κ2) is 6.73. The summed E-state index contributed by atoms with van der Waals surface area (Å²) in [4.78, 5) is 1.37. The monoisotopic (exact) mass is 275 g/mol. The van der Waals surface area contributed by atoms with Gasteiger partial charge in [-0.2, -0.15) is 0 Å². The lowest BCUT2D eigenvalue weighted by molar-refractivity contribution is 0.306. The molecule has 1 aromatic heterocycles. The average Bonchev–Trinajstić information content (AvgIpc) is 2.93. The van der Waals surface area contributed by atoms with Gasteiger partial charge in [-0.1, -0.05) is 18.2 Å². The number of ether oxygens (including phenoxy) is 1. The summed E-state index contributed by atoms with van der Waals surface area (Å²) < 4.78 is 5.83. The first kappa shape index (κ1) is 14.1. The van der Waals surface area contributed by atoms with Crippen LogP contribution in [0.1, 0.15) is 29.0 Å². The molecule has 2 rings (SSSR count). The third-order valence-corrected chi connectivity index (χ3v) is 4.39. The highest BCUT2D eigenvalue weighted by Crippen LogP contribution is 2.20. The van der Waals surface area contributed by atoms with Crippen LogP contribution in [-0.2, 0) is 0 Å². The predicted octanol–water partition coefficient (Wildman–Crippen LogP) is 4.09. The van der Waals surface area contributed by atoms with Crippen molar-refractivity contribution in [3.63, 3.8) is 0 Å². The lowest BCUT2D eigenvalue weighted by Gasteiger charge is -2.14. The third kappa shape index (κ3) is 3.82. The fourth-order valence-corrected chi connectivity index (χ4v) is 2.71. The van der Waals surface area contributed by atoms with E-state index in [-0.39, 0.29) is 0 Å². The van der Waals surface area contributed by atoms with Crippen LogP contribution >= 0.6 is 11.3 Å². The van der Waals surface area contributed by atoms with E-state index < -0.39 is 0 Å². The van der Waals surface area contributed by atoms with Gasteiger partial charge in [0, 0.05) is 17.5 Å². The first-order valence-electron chi connectivity index (χ1n) is 6.64. The lowest BCUT2D eigenvalue weighted by Crippen LogP contribution is -2.23. The van der Waals surface area contributed by atoms with Crippen molar-refractivity contribution in [1.29, 1.82) is 0 Å². The zero-order valence-corrected chi connectivity index (χ0v) is 12.6. The van der Waals surface area contributed by atoms with E-state index in [1.165, 1.54) is 16.0 Å². The van der Waals surface area contributed by atoms with Gasteiger partial charge in [-0.05, 0) is 49.4 Å². The van der Waals surface area contributed by atoms with Gasteiger partial charge in [0.25, 0.3) is 0 Å². The van der Waals surface area contributed by atoms with E-state index in [0.717, 1.165) is 12.3 Å². The molecule has 1 N–H and O–H groups in total. The Labute approximate surface area is 119 Å². The molecule has 2 nitrogen and oxygen atoms in total. The molecule has 1 heterocycles. The lowest BCUT2D eigenvalue weighted by atomic mass is 10.1. The van der Waals surface area contributed by atoms with E-state index in [9.17, 15) is 0 Å². The van der Waals surface area contributed by atoms with Crippen LogP contribution in [0.2, 0.25) is 0 Å². The number of nitrogens with one attached hydrogen (secondary N) is 1. The Bertz CT molecular complexity index is 507. The molecule has 19 heavy (non-hydrogen) atoms. The Hall–Kier alpha value is -1.32. The van der Waals surface area contributed by atoms with Crippen molar-refractivity contribution in [3.8, 4) is 5.75 Å². The van der Waals surface area contributed by atoms with Crippen LogP contribution < -0.4 is 10.1 Å². The molecular weight excluding hydrogens is 254 g/mol. The Balaban J connectivity index is 1.76. The van der Waals surface area contributed by atoms with Crippen molar-refractivity contribution < 1.29 is 4.74 Å². The van der Waals surface area contributed by atoms with Gasteiger partial charge < -0.3 is 10.1 Å². The summed E-state index contributed by atoms with van der Waals surface area (Å²) in [7, 11) is 0. The second-order valence-corrected chi connectivity index (χ2v) is 5.72. The van der Waals surface area contributed by atoms with Crippen LogP contribution in [0, 0.1) is 13.8 Å². The highest BCUT2D eigenvalue weighted by Gasteiger charge is 2.05. The van der Waals surface area contributed by atoms with Crippen molar-refractivity contribution >= 4 is 11.3 Å². The fourth-order valence-electron chi connectivity index (χ4n) is 1.96.